The van der Waals surface area contributed by atoms with Crippen molar-refractivity contribution in [2.45, 2.75) is 12.5 Å². The predicted octanol–water partition coefficient (Wildman–Crippen LogP) is 1.37. The van der Waals surface area contributed by atoms with Gasteiger partial charge in [-0.15, -0.1) is 0 Å². The predicted molar refractivity (Wildman–Crippen MR) is 121 cm³/mol. The molecule has 0 spiro atoms. The number of carbonyl (C=O) groups is 3. The van der Waals surface area contributed by atoms with Crippen LogP contribution >= 0.6 is 0 Å². The van der Waals surface area contributed by atoms with Crippen molar-refractivity contribution in [3.63, 3.8) is 0 Å². The van der Waals surface area contributed by atoms with Crippen LogP contribution < -0.4 is 15.0 Å². The number of piperazine rings is 2. The first-order valence-corrected chi connectivity index (χ1v) is 10.9. The zero-order valence-electron chi connectivity index (χ0n) is 18.2. The second kappa shape index (κ2) is 9.72. The molecule has 0 aromatic heterocycles. The highest BCUT2D eigenvalue weighted by atomic mass is 16.5. The largest absolute Gasteiger partial charge is 0.496 e. The Labute approximate surface area is 187 Å². The van der Waals surface area contributed by atoms with Crippen LogP contribution in [-0.2, 0) is 9.59 Å². The number of anilines is 1. The van der Waals surface area contributed by atoms with Gasteiger partial charge >= 0.3 is 0 Å². The summed E-state index contributed by atoms with van der Waals surface area (Å²) in [4.78, 5) is 44.4. The lowest BCUT2D eigenvalue weighted by Gasteiger charge is -2.39. The molecule has 2 aliphatic rings. The third-order valence-electron chi connectivity index (χ3n) is 6.05. The summed E-state index contributed by atoms with van der Waals surface area (Å²) >= 11 is 0. The Kier molecular flexibility index (Phi) is 6.58. The van der Waals surface area contributed by atoms with Gasteiger partial charge < -0.3 is 24.8 Å². The van der Waals surface area contributed by atoms with Crippen LogP contribution in [0.15, 0.2) is 54.6 Å². The molecule has 1 N–H and O–H groups in total. The first-order valence-electron chi connectivity index (χ1n) is 10.9. The highest BCUT2D eigenvalue weighted by molar-refractivity contribution is 6.01. The second-order valence-electron chi connectivity index (χ2n) is 7.91. The molecule has 8 nitrogen and oxygen atoms in total. The number of hydrogen-bond acceptors (Lipinski definition) is 5. The number of carbonyl (C=O) groups excluding carboxylic acids is 3. The van der Waals surface area contributed by atoms with Gasteiger partial charge in [-0.2, -0.15) is 0 Å². The molecule has 2 heterocycles. The van der Waals surface area contributed by atoms with E-state index >= 15 is 0 Å². The van der Waals surface area contributed by atoms with E-state index in [1.165, 1.54) is 12.0 Å². The van der Waals surface area contributed by atoms with E-state index in [4.69, 9.17) is 4.74 Å². The van der Waals surface area contributed by atoms with Crippen LogP contribution in [0.2, 0.25) is 0 Å². The molecule has 0 bridgehead atoms. The Morgan fingerprint density at radius 1 is 0.969 bits per heavy atom. The van der Waals surface area contributed by atoms with Gasteiger partial charge in [0.1, 0.15) is 11.8 Å². The smallest absolute Gasteiger partial charge is 0.258 e. The van der Waals surface area contributed by atoms with Crippen molar-refractivity contribution < 1.29 is 19.1 Å². The molecule has 4 rings (SSSR count). The summed E-state index contributed by atoms with van der Waals surface area (Å²) in [6.07, 6.45) is -0.0297. The van der Waals surface area contributed by atoms with Crippen molar-refractivity contribution in [3.05, 3.63) is 60.2 Å². The fourth-order valence-corrected chi connectivity index (χ4v) is 4.28. The maximum absolute atomic E-state index is 13.2. The number of ether oxygens (including phenoxy) is 1. The van der Waals surface area contributed by atoms with Gasteiger partial charge in [-0.1, -0.05) is 30.3 Å². The summed E-state index contributed by atoms with van der Waals surface area (Å²) in [6, 6.07) is 16.2. The summed E-state index contributed by atoms with van der Waals surface area (Å²) in [6.45, 7) is 3.35. The molecule has 0 saturated carbocycles. The highest BCUT2D eigenvalue weighted by Crippen LogP contribution is 2.23. The van der Waals surface area contributed by atoms with Gasteiger partial charge in [0.15, 0.2) is 0 Å². The van der Waals surface area contributed by atoms with Crippen molar-refractivity contribution in [1.82, 2.24) is 15.1 Å². The van der Waals surface area contributed by atoms with E-state index in [1.54, 1.807) is 29.2 Å². The molecule has 32 heavy (non-hydrogen) atoms. The van der Waals surface area contributed by atoms with Gasteiger partial charge in [-0.25, -0.2) is 0 Å². The fraction of sp³-hybridized carbons (Fsp3) is 0.375. The zero-order valence-corrected chi connectivity index (χ0v) is 18.2. The topological polar surface area (TPSA) is 82.2 Å². The lowest BCUT2D eigenvalue weighted by atomic mass is 10.0. The van der Waals surface area contributed by atoms with E-state index in [2.05, 4.69) is 22.3 Å². The van der Waals surface area contributed by atoms with Crippen LogP contribution in [0.25, 0.3) is 0 Å². The number of nitrogens with one attached hydrogen (secondary N) is 1. The second-order valence-corrected chi connectivity index (χ2v) is 7.91. The van der Waals surface area contributed by atoms with Gasteiger partial charge in [-0.05, 0) is 24.3 Å². The van der Waals surface area contributed by atoms with Gasteiger partial charge in [0.25, 0.3) is 5.91 Å². The molecule has 2 saturated heterocycles. The van der Waals surface area contributed by atoms with Crippen LogP contribution in [0, 0.1) is 0 Å². The summed E-state index contributed by atoms with van der Waals surface area (Å²) < 4.78 is 5.31. The van der Waals surface area contributed by atoms with E-state index in [0.717, 1.165) is 18.8 Å². The Balaban J connectivity index is 1.42. The number of benzene rings is 2. The minimum atomic E-state index is -0.833. The molecule has 8 heteroatoms. The van der Waals surface area contributed by atoms with Gasteiger partial charge in [0, 0.05) is 45.0 Å². The van der Waals surface area contributed by atoms with Crippen molar-refractivity contribution in [1.29, 1.82) is 0 Å². The quantitative estimate of drug-likeness (QED) is 0.766. The fourth-order valence-electron chi connectivity index (χ4n) is 4.28. The zero-order chi connectivity index (χ0) is 22.5. The van der Waals surface area contributed by atoms with Gasteiger partial charge in [-0.3, -0.25) is 14.4 Å². The van der Waals surface area contributed by atoms with Crippen LogP contribution in [-0.4, -0.2) is 79.9 Å². The first-order chi connectivity index (χ1) is 15.6. The molecule has 2 aromatic rings. The average Bonchev–Trinajstić information content (AvgIpc) is 2.85. The molecule has 2 aliphatic heterocycles. The lowest BCUT2D eigenvalue weighted by Crippen LogP contribution is -2.59. The Bertz CT molecular complexity index is 973. The third-order valence-corrected chi connectivity index (χ3v) is 6.05. The van der Waals surface area contributed by atoms with E-state index in [9.17, 15) is 14.4 Å². The maximum atomic E-state index is 13.2. The van der Waals surface area contributed by atoms with Crippen LogP contribution in [0.4, 0.5) is 5.69 Å². The van der Waals surface area contributed by atoms with E-state index in [1.807, 2.05) is 18.2 Å². The number of methoxy groups -OCH3 is 1. The molecule has 0 radical (unpaired) electrons. The molecule has 2 fully saturated rings. The summed E-state index contributed by atoms with van der Waals surface area (Å²) in [5.74, 6) is -0.261. The Hall–Kier alpha value is -3.55. The molecule has 0 aliphatic carbocycles. The highest BCUT2D eigenvalue weighted by Gasteiger charge is 2.37. The summed E-state index contributed by atoms with van der Waals surface area (Å²) in [5, 5.41) is 2.79. The van der Waals surface area contributed by atoms with Gasteiger partial charge in [0.2, 0.25) is 11.8 Å². The van der Waals surface area contributed by atoms with Crippen LogP contribution in [0.1, 0.15) is 16.8 Å². The lowest BCUT2D eigenvalue weighted by molar-refractivity contribution is -0.138. The standard InChI is InChI=1S/C24H28N4O4/c1-32-21-10-6-5-9-19(21)24(31)28-12-11-25-23(30)20(28)17-22(29)27-15-13-26(14-16-27)18-7-3-2-4-8-18/h2-10,20H,11-17H2,1H3,(H,25,30)/t20-/m1/s1. The Morgan fingerprint density at radius 2 is 1.66 bits per heavy atom. The number of rotatable bonds is 5. The van der Waals surface area contributed by atoms with Crippen molar-refractivity contribution in [2.75, 3.05) is 51.3 Å². The number of para-hydroxylation sites is 2. The summed E-state index contributed by atoms with van der Waals surface area (Å²) in [7, 11) is 1.51. The first kappa shape index (κ1) is 21.7. The van der Waals surface area contributed by atoms with Crippen molar-refractivity contribution in [2.24, 2.45) is 0 Å². The molecule has 1 atom stereocenters. The monoisotopic (exact) mass is 436 g/mol. The third kappa shape index (κ3) is 4.54. The van der Waals surface area contributed by atoms with E-state index in [0.29, 0.717) is 37.5 Å². The minimum absolute atomic E-state index is 0.0297. The normalized spacial score (nSPS) is 18.8. The van der Waals surface area contributed by atoms with Gasteiger partial charge in [0.05, 0.1) is 19.1 Å². The van der Waals surface area contributed by atoms with Crippen molar-refractivity contribution >= 4 is 23.4 Å². The molecule has 0 unspecified atom stereocenters. The molecule has 3 amide bonds. The number of nitrogens with zero attached hydrogens (tertiary/aromatic N) is 3. The number of hydrogen-bond donors (Lipinski definition) is 1. The molecular weight excluding hydrogens is 408 g/mol. The maximum Gasteiger partial charge on any atom is 0.258 e. The SMILES string of the molecule is COc1ccccc1C(=O)N1CCNC(=O)[C@H]1CC(=O)N1CCN(c2ccccc2)CC1. The van der Waals surface area contributed by atoms with E-state index < -0.39 is 6.04 Å². The average molecular weight is 437 g/mol. The molecule has 168 valence electrons. The van der Waals surface area contributed by atoms with Crippen LogP contribution in [0.3, 0.4) is 0 Å². The molecular formula is C24H28N4O4. The van der Waals surface area contributed by atoms with Crippen LogP contribution in [0.5, 0.6) is 5.75 Å². The Morgan fingerprint density at radius 3 is 2.38 bits per heavy atom. The molecule has 2 aromatic carbocycles. The number of amides is 3. The van der Waals surface area contributed by atoms with Crippen molar-refractivity contribution in [3.8, 4) is 5.75 Å². The van der Waals surface area contributed by atoms with E-state index in [-0.39, 0.29) is 24.1 Å². The summed E-state index contributed by atoms with van der Waals surface area (Å²) in [5.41, 5.74) is 1.53. The minimum Gasteiger partial charge on any atom is -0.496 e.